The first-order chi connectivity index (χ1) is 9.58. The fourth-order valence-electron chi connectivity index (χ4n) is 3.73. The van der Waals surface area contributed by atoms with Crippen LogP contribution in [0.4, 0.5) is 0 Å². The SMILES string of the molecule is CCNCCCS(=O)(=O)N1CCC2(CCCCC2)CC1. The van der Waals surface area contributed by atoms with Crippen LogP contribution in [0.25, 0.3) is 0 Å². The van der Waals surface area contributed by atoms with Crippen molar-refractivity contribution in [1.29, 1.82) is 0 Å². The molecule has 0 aromatic carbocycles. The van der Waals surface area contributed by atoms with Gasteiger partial charge in [0.05, 0.1) is 5.75 Å². The van der Waals surface area contributed by atoms with Gasteiger partial charge in [-0.1, -0.05) is 26.2 Å². The molecular weight excluding hydrogens is 272 g/mol. The van der Waals surface area contributed by atoms with E-state index in [0.29, 0.717) is 11.2 Å². The van der Waals surface area contributed by atoms with Crippen LogP contribution in [0, 0.1) is 5.41 Å². The van der Waals surface area contributed by atoms with Crippen LogP contribution in [0.15, 0.2) is 0 Å². The first kappa shape index (κ1) is 16.2. The van der Waals surface area contributed by atoms with Crippen molar-refractivity contribution in [1.82, 2.24) is 9.62 Å². The van der Waals surface area contributed by atoms with Gasteiger partial charge in [0, 0.05) is 13.1 Å². The maximum Gasteiger partial charge on any atom is 0.214 e. The summed E-state index contributed by atoms with van der Waals surface area (Å²) in [5.41, 5.74) is 0.480. The summed E-state index contributed by atoms with van der Waals surface area (Å²) in [7, 11) is -3.03. The van der Waals surface area contributed by atoms with Gasteiger partial charge >= 0.3 is 0 Å². The third kappa shape index (κ3) is 4.18. The molecule has 5 heteroatoms. The van der Waals surface area contributed by atoms with Gasteiger partial charge in [0.2, 0.25) is 10.0 Å². The molecule has 1 spiro atoms. The summed E-state index contributed by atoms with van der Waals surface area (Å²) in [5, 5.41) is 3.19. The molecule has 1 heterocycles. The zero-order valence-electron chi connectivity index (χ0n) is 12.9. The quantitative estimate of drug-likeness (QED) is 0.766. The summed E-state index contributed by atoms with van der Waals surface area (Å²) in [6.45, 7) is 5.26. The standard InChI is InChI=1S/C15H30N2O2S/c1-2-16-11-6-14-20(18,19)17-12-9-15(10-13-17)7-4-3-5-8-15/h16H,2-14H2,1H3. The van der Waals surface area contributed by atoms with Crippen LogP contribution in [-0.4, -0.2) is 44.7 Å². The van der Waals surface area contributed by atoms with E-state index in [1.165, 1.54) is 32.1 Å². The van der Waals surface area contributed by atoms with Gasteiger partial charge in [-0.15, -0.1) is 0 Å². The van der Waals surface area contributed by atoms with Crippen molar-refractivity contribution in [2.24, 2.45) is 5.41 Å². The Balaban J connectivity index is 1.80. The minimum atomic E-state index is -3.03. The maximum absolute atomic E-state index is 12.3. The fourth-order valence-corrected chi connectivity index (χ4v) is 5.23. The molecule has 1 aliphatic heterocycles. The highest BCUT2D eigenvalue weighted by Gasteiger charge is 2.38. The van der Waals surface area contributed by atoms with E-state index in [4.69, 9.17) is 0 Å². The minimum absolute atomic E-state index is 0.299. The monoisotopic (exact) mass is 302 g/mol. The highest BCUT2D eigenvalue weighted by Crippen LogP contribution is 2.44. The number of nitrogens with one attached hydrogen (secondary N) is 1. The number of hydrogen-bond acceptors (Lipinski definition) is 3. The molecule has 2 fully saturated rings. The predicted molar refractivity (Wildman–Crippen MR) is 83.3 cm³/mol. The second-order valence-corrected chi connectivity index (χ2v) is 8.57. The smallest absolute Gasteiger partial charge is 0.214 e. The molecule has 0 atom stereocenters. The van der Waals surface area contributed by atoms with Crippen LogP contribution in [0.5, 0.6) is 0 Å². The van der Waals surface area contributed by atoms with Crippen LogP contribution < -0.4 is 5.32 Å². The second-order valence-electron chi connectivity index (χ2n) is 6.48. The summed E-state index contributed by atoms with van der Waals surface area (Å²) in [5.74, 6) is 0.299. The average molecular weight is 302 g/mol. The van der Waals surface area contributed by atoms with E-state index in [-0.39, 0.29) is 0 Å². The summed E-state index contributed by atoms with van der Waals surface area (Å²) in [6, 6.07) is 0. The Morgan fingerprint density at radius 3 is 2.30 bits per heavy atom. The van der Waals surface area contributed by atoms with Gasteiger partial charge in [-0.25, -0.2) is 12.7 Å². The lowest BCUT2D eigenvalue weighted by Crippen LogP contribution is -2.44. The van der Waals surface area contributed by atoms with E-state index in [2.05, 4.69) is 5.32 Å². The van der Waals surface area contributed by atoms with Crippen molar-refractivity contribution in [2.45, 2.75) is 58.3 Å². The topological polar surface area (TPSA) is 49.4 Å². The molecule has 118 valence electrons. The van der Waals surface area contributed by atoms with E-state index in [1.807, 2.05) is 6.92 Å². The van der Waals surface area contributed by atoms with Crippen molar-refractivity contribution in [3.05, 3.63) is 0 Å². The molecule has 1 saturated carbocycles. The van der Waals surface area contributed by atoms with Crippen molar-refractivity contribution < 1.29 is 8.42 Å². The minimum Gasteiger partial charge on any atom is -0.317 e. The number of sulfonamides is 1. The summed E-state index contributed by atoms with van der Waals surface area (Å²) in [4.78, 5) is 0. The third-order valence-corrected chi connectivity index (χ3v) is 7.05. The Labute approximate surface area is 124 Å². The van der Waals surface area contributed by atoms with Gasteiger partial charge in [-0.05, 0) is 50.6 Å². The highest BCUT2D eigenvalue weighted by atomic mass is 32.2. The summed E-state index contributed by atoms with van der Waals surface area (Å²) in [6.07, 6.45) is 9.58. The molecular formula is C15H30N2O2S. The van der Waals surface area contributed by atoms with Crippen molar-refractivity contribution in [3.63, 3.8) is 0 Å². The predicted octanol–water partition coefficient (Wildman–Crippen LogP) is 2.36. The maximum atomic E-state index is 12.3. The lowest BCUT2D eigenvalue weighted by molar-refractivity contribution is 0.102. The van der Waals surface area contributed by atoms with E-state index in [9.17, 15) is 8.42 Å². The Kier molecular flexibility index (Phi) is 5.87. The lowest BCUT2D eigenvalue weighted by Gasteiger charge is -2.43. The largest absolute Gasteiger partial charge is 0.317 e. The normalized spacial score (nSPS) is 24.1. The zero-order chi connectivity index (χ0) is 14.5. The van der Waals surface area contributed by atoms with Crippen LogP contribution in [0.2, 0.25) is 0 Å². The summed E-state index contributed by atoms with van der Waals surface area (Å²) >= 11 is 0. The Morgan fingerprint density at radius 2 is 1.70 bits per heavy atom. The van der Waals surface area contributed by atoms with Crippen LogP contribution in [0.1, 0.15) is 58.3 Å². The fraction of sp³-hybridized carbons (Fsp3) is 1.00. The lowest BCUT2D eigenvalue weighted by atomic mass is 9.68. The Hall–Kier alpha value is -0.130. The molecule has 1 saturated heterocycles. The molecule has 0 unspecified atom stereocenters. The second kappa shape index (κ2) is 7.23. The van der Waals surface area contributed by atoms with E-state index >= 15 is 0 Å². The molecule has 0 radical (unpaired) electrons. The molecule has 20 heavy (non-hydrogen) atoms. The van der Waals surface area contributed by atoms with Crippen molar-refractivity contribution in [2.75, 3.05) is 31.9 Å². The van der Waals surface area contributed by atoms with E-state index < -0.39 is 10.0 Å². The number of hydrogen-bond donors (Lipinski definition) is 1. The van der Waals surface area contributed by atoms with Gasteiger partial charge in [0.1, 0.15) is 0 Å². The molecule has 1 N–H and O–H groups in total. The molecule has 0 aromatic rings. The third-order valence-electron chi connectivity index (χ3n) is 5.10. The molecule has 2 aliphatic rings. The zero-order valence-corrected chi connectivity index (χ0v) is 13.7. The Bertz CT molecular complexity index is 379. The Morgan fingerprint density at radius 1 is 1.05 bits per heavy atom. The van der Waals surface area contributed by atoms with Gasteiger partial charge in [-0.2, -0.15) is 0 Å². The van der Waals surface area contributed by atoms with E-state index in [0.717, 1.165) is 45.4 Å². The highest BCUT2D eigenvalue weighted by molar-refractivity contribution is 7.89. The molecule has 0 aromatic heterocycles. The van der Waals surface area contributed by atoms with Crippen molar-refractivity contribution >= 4 is 10.0 Å². The van der Waals surface area contributed by atoms with Crippen LogP contribution >= 0.6 is 0 Å². The molecule has 0 amide bonds. The number of nitrogens with zero attached hydrogens (tertiary/aromatic N) is 1. The van der Waals surface area contributed by atoms with Gasteiger partial charge in [-0.3, -0.25) is 0 Å². The van der Waals surface area contributed by atoms with Crippen LogP contribution in [0.3, 0.4) is 0 Å². The molecule has 0 bridgehead atoms. The van der Waals surface area contributed by atoms with Gasteiger partial charge in [0.25, 0.3) is 0 Å². The number of rotatable bonds is 6. The first-order valence-electron chi connectivity index (χ1n) is 8.27. The number of piperidine rings is 1. The van der Waals surface area contributed by atoms with Gasteiger partial charge in [0.15, 0.2) is 0 Å². The van der Waals surface area contributed by atoms with E-state index in [1.54, 1.807) is 4.31 Å². The first-order valence-corrected chi connectivity index (χ1v) is 9.87. The van der Waals surface area contributed by atoms with Crippen LogP contribution in [-0.2, 0) is 10.0 Å². The summed E-state index contributed by atoms with van der Waals surface area (Å²) < 4.78 is 26.4. The van der Waals surface area contributed by atoms with Crippen molar-refractivity contribution in [3.8, 4) is 0 Å². The van der Waals surface area contributed by atoms with Gasteiger partial charge < -0.3 is 5.32 Å². The molecule has 4 nitrogen and oxygen atoms in total. The molecule has 2 rings (SSSR count). The average Bonchev–Trinajstić information content (AvgIpc) is 2.45. The molecule has 1 aliphatic carbocycles.